The van der Waals surface area contributed by atoms with Gasteiger partial charge in [-0.1, -0.05) is 62.4 Å². The van der Waals surface area contributed by atoms with Crippen LogP contribution in [0.25, 0.3) is 0 Å². The zero-order valence-corrected chi connectivity index (χ0v) is 42.0. The molecule has 3 aliphatic carbocycles. The minimum Gasteiger partial charge on any atom is -0.461 e. The van der Waals surface area contributed by atoms with Gasteiger partial charge in [-0.15, -0.1) is 0 Å². The highest BCUT2D eigenvalue weighted by Crippen LogP contribution is 2.65. The van der Waals surface area contributed by atoms with Crippen LogP contribution in [0.15, 0.2) is 96.1 Å². The molecule has 3 aromatic carbocycles. The van der Waals surface area contributed by atoms with E-state index >= 15 is 9.59 Å². The molecule has 2 unspecified atom stereocenters. The van der Waals surface area contributed by atoms with E-state index in [4.69, 9.17) is 33.2 Å². The third-order valence-corrected chi connectivity index (χ3v) is 14.9. The fourth-order valence-electron chi connectivity index (χ4n) is 11.1. The molecule has 0 spiro atoms. The van der Waals surface area contributed by atoms with Crippen molar-refractivity contribution in [1.29, 1.82) is 0 Å². The third kappa shape index (κ3) is 9.87. The smallest absolute Gasteiger partial charge is 0.408 e. The van der Waals surface area contributed by atoms with Gasteiger partial charge in [0.05, 0.1) is 29.9 Å². The lowest BCUT2D eigenvalue weighted by atomic mass is 9.44. The van der Waals surface area contributed by atoms with Crippen LogP contribution in [0.2, 0.25) is 0 Å². The summed E-state index contributed by atoms with van der Waals surface area (Å²) in [7, 11) is 0. The lowest BCUT2D eigenvalue weighted by Crippen LogP contribution is -2.82. The quantitative estimate of drug-likeness (QED) is 0.0561. The Morgan fingerprint density at radius 2 is 1.56 bits per heavy atom. The standard InChI is InChI=1S/C53H61FN2O15S/c1-8-55-49(63)69-42(40(31-16-12-10-13-17-31)56-46(60)32-18-14-11-15-19-32)48(62)67-35-27-53(64)45(70-47(61)33-20-22-34(54)23-21-33)43-51(7,44(59)41(65-9-2)39(29(35)3)50(53,5)6)36(68-38(58)24-25-72)26-37-52(43,28-66-37)71-30(4)57/h10-23,35-37,40-43,45,64,72H,8-9,24-28H2,1-7H3,(H,55,63)(H,56,60)/t35-,36-,37+,40-,41+,42+,43?,45?,51+,52-,53+/m0/s1. The number of ketones is 1. The van der Waals surface area contributed by atoms with Gasteiger partial charge in [-0.2, -0.15) is 12.6 Å². The number of esters is 4. The van der Waals surface area contributed by atoms with E-state index in [0.29, 0.717) is 5.56 Å². The van der Waals surface area contributed by atoms with Gasteiger partial charge in [-0.05, 0) is 80.8 Å². The first-order chi connectivity index (χ1) is 34.2. The average molecular weight is 1020 g/mol. The highest BCUT2D eigenvalue weighted by Gasteiger charge is 2.79. The minimum atomic E-state index is -2.45. The molecule has 17 nitrogen and oxygen atoms in total. The summed E-state index contributed by atoms with van der Waals surface area (Å²) in [5.74, 6) is -7.29. The summed E-state index contributed by atoms with van der Waals surface area (Å²) >= 11 is 4.21. The van der Waals surface area contributed by atoms with Crippen LogP contribution in [-0.4, -0.2) is 120 Å². The number of alkyl carbamates (subject to hydrolysis) is 1. The number of benzene rings is 3. The molecular weight excluding hydrogens is 956 g/mol. The fourth-order valence-corrected chi connectivity index (χ4v) is 11.3. The molecule has 3 aromatic rings. The Hall–Kier alpha value is -6.15. The van der Waals surface area contributed by atoms with E-state index in [0.717, 1.165) is 19.1 Å². The van der Waals surface area contributed by atoms with Crippen LogP contribution in [0.5, 0.6) is 0 Å². The second kappa shape index (κ2) is 21.5. The molecule has 19 heteroatoms. The lowest BCUT2D eigenvalue weighted by molar-refractivity contribution is -0.346. The Kier molecular flexibility index (Phi) is 16.0. The van der Waals surface area contributed by atoms with E-state index in [1.165, 1.54) is 19.1 Å². The van der Waals surface area contributed by atoms with Crippen molar-refractivity contribution in [2.24, 2.45) is 16.7 Å². The molecule has 72 heavy (non-hydrogen) atoms. The van der Waals surface area contributed by atoms with E-state index in [1.807, 2.05) is 0 Å². The van der Waals surface area contributed by atoms with Crippen molar-refractivity contribution >= 4 is 54.3 Å². The molecule has 1 saturated heterocycles. The maximum Gasteiger partial charge on any atom is 0.408 e. The second-order valence-corrected chi connectivity index (χ2v) is 19.6. The van der Waals surface area contributed by atoms with E-state index in [-0.39, 0.29) is 60.6 Å². The van der Waals surface area contributed by atoms with Crippen molar-refractivity contribution in [1.82, 2.24) is 10.6 Å². The number of aliphatic hydroxyl groups is 1. The highest BCUT2D eigenvalue weighted by atomic mass is 32.1. The summed E-state index contributed by atoms with van der Waals surface area (Å²) in [6.07, 6.45) is -11.3. The Balaban J connectivity index is 1.44. The molecule has 7 rings (SSSR count). The number of ether oxygens (including phenoxy) is 7. The van der Waals surface area contributed by atoms with Gasteiger partial charge in [0.25, 0.3) is 5.91 Å². The monoisotopic (exact) mass is 1020 g/mol. The normalized spacial score (nSPS) is 28.9. The van der Waals surface area contributed by atoms with E-state index in [2.05, 4.69) is 23.3 Å². The highest BCUT2D eigenvalue weighted by molar-refractivity contribution is 7.80. The number of halogens is 1. The SMILES string of the molecule is CCNC(=O)O[C@@H](C(=O)O[C@H]1C[C@@]2(O)C(OC(=O)c3ccc(F)cc3)C3[C@](C)(C(=O)[C@H](OCC)C(=C1C)C2(C)C)[C@@H](OC(=O)CCS)C[C@H]1OC[C@@]31OC(C)=O)[C@@H](NC(=O)c1ccccc1)c1ccccc1. The maximum absolute atomic E-state index is 16.1. The van der Waals surface area contributed by atoms with Crippen LogP contribution in [-0.2, 0) is 52.3 Å². The summed E-state index contributed by atoms with van der Waals surface area (Å²) in [6, 6.07) is 19.5. The van der Waals surface area contributed by atoms with Gasteiger partial charge < -0.3 is 48.9 Å². The zero-order valence-electron chi connectivity index (χ0n) is 41.1. The Labute approximate surface area is 422 Å². The van der Waals surface area contributed by atoms with Crippen molar-refractivity contribution in [3.63, 3.8) is 0 Å². The minimum absolute atomic E-state index is 0.0802. The van der Waals surface area contributed by atoms with Crippen molar-refractivity contribution in [2.45, 2.75) is 122 Å². The number of thiol groups is 1. The summed E-state index contributed by atoms with van der Waals surface area (Å²) in [4.78, 5) is 100.0. The summed E-state index contributed by atoms with van der Waals surface area (Å²) in [6.45, 7) is 10.4. The number of hydrogen-bond donors (Lipinski definition) is 4. The topological polar surface area (TPSA) is 228 Å². The van der Waals surface area contributed by atoms with Crippen LogP contribution in [0.4, 0.5) is 9.18 Å². The van der Waals surface area contributed by atoms with Crippen LogP contribution in [0.3, 0.4) is 0 Å². The van der Waals surface area contributed by atoms with Crippen molar-refractivity contribution < 1.29 is 76.2 Å². The molecule has 2 amide bonds. The van der Waals surface area contributed by atoms with Crippen molar-refractivity contribution in [3.8, 4) is 0 Å². The van der Waals surface area contributed by atoms with E-state index in [1.54, 1.807) is 95.3 Å². The number of nitrogens with one attached hydrogen (secondary N) is 2. The van der Waals surface area contributed by atoms with Gasteiger partial charge in [-0.25, -0.2) is 18.8 Å². The summed E-state index contributed by atoms with van der Waals surface area (Å²) in [5.41, 5.74) is -7.18. The molecule has 0 aromatic heterocycles. The van der Waals surface area contributed by atoms with Crippen LogP contribution in [0.1, 0.15) is 100 Å². The summed E-state index contributed by atoms with van der Waals surface area (Å²) < 4.78 is 57.9. The second-order valence-electron chi connectivity index (χ2n) is 19.2. The van der Waals surface area contributed by atoms with Gasteiger partial charge >= 0.3 is 30.0 Å². The van der Waals surface area contributed by atoms with E-state index < -0.39 is 125 Å². The molecule has 2 bridgehead atoms. The number of hydrogen-bond acceptors (Lipinski definition) is 16. The van der Waals surface area contributed by atoms with Gasteiger partial charge in [0.2, 0.25) is 6.10 Å². The van der Waals surface area contributed by atoms with E-state index in [9.17, 15) is 33.5 Å². The number of fused-ring (bicyclic) bond motifs is 5. The third-order valence-electron chi connectivity index (χ3n) is 14.7. The fraction of sp³-hybridized carbons (Fsp3) is 0.491. The number of amides is 2. The van der Waals surface area contributed by atoms with Crippen molar-refractivity contribution in [3.05, 3.63) is 119 Å². The Morgan fingerprint density at radius 3 is 2.14 bits per heavy atom. The molecule has 4 aliphatic rings. The first kappa shape index (κ1) is 53.6. The number of Topliss-reactive ketones (excluding diaryl/α,β-unsaturated/α-hetero) is 1. The first-order valence-corrected chi connectivity index (χ1v) is 24.5. The molecule has 0 radical (unpaired) electrons. The molecule has 386 valence electrons. The molecule has 2 saturated carbocycles. The Bertz CT molecular complexity index is 2580. The molecule has 1 aliphatic heterocycles. The van der Waals surface area contributed by atoms with Crippen LogP contribution < -0.4 is 10.6 Å². The number of rotatable bonds is 16. The van der Waals surface area contributed by atoms with Crippen LogP contribution >= 0.6 is 12.6 Å². The molecule has 3 N–H and O–H groups in total. The van der Waals surface area contributed by atoms with Gasteiger partial charge in [0.1, 0.15) is 48.0 Å². The molecule has 1 heterocycles. The van der Waals surface area contributed by atoms with Crippen molar-refractivity contribution in [2.75, 3.05) is 25.5 Å². The summed E-state index contributed by atoms with van der Waals surface area (Å²) in [5, 5.41) is 19.4. The largest absolute Gasteiger partial charge is 0.461 e. The van der Waals surface area contributed by atoms with Gasteiger partial charge in [0.15, 0.2) is 11.4 Å². The van der Waals surface area contributed by atoms with Gasteiger partial charge in [0, 0.05) is 49.6 Å². The average Bonchev–Trinajstić information content (AvgIpc) is 3.34. The lowest BCUT2D eigenvalue weighted by Gasteiger charge is -2.67. The number of carbonyl (C=O) groups is 7. The van der Waals surface area contributed by atoms with Crippen LogP contribution in [0, 0.1) is 22.6 Å². The van der Waals surface area contributed by atoms with Gasteiger partial charge in [-0.3, -0.25) is 19.2 Å². The predicted molar refractivity (Wildman–Crippen MR) is 258 cm³/mol. The molecule has 11 atom stereocenters. The Morgan fingerprint density at radius 1 is 0.903 bits per heavy atom. The first-order valence-electron chi connectivity index (χ1n) is 23.9. The predicted octanol–water partition coefficient (Wildman–Crippen LogP) is 5.97. The number of carbonyl (C=O) groups excluding carboxylic acids is 7. The molecule has 3 fully saturated rings. The zero-order chi connectivity index (χ0) is 52.3. The maximum atomic E-state index is 16.1. The molecular formula is C53H61FN2O15S.